The van der Waals surface area contributed by atoms with Gasteiger partial charge < -0.3 is 14.8 Å². The van der Waals surface area contributed by atoms with Crippen LogP contribution in [0.3, 0.4) is 0 Å². The van der Waals surface area contributed by atoms with Gasteiger partial charge in [-0.1, -0.05) is 30.3 Å². The minimum Gasteiger partial charge on any atom is -0.497 e. The molecule has 0 radical (unpaired) electrons. The lowest BCUT2D eigenvalue weighted by Gasteiger charge is -2.25. The molecule has 0 unspecified atom stereocenters. The van der Waals surface area contributed by atoms with Crippen molar-refractivity contribution in [3.05, 3.63) is 70.2 Å². The lowest BCUT2D eigenvalue weighted by Crippen LogP contribution is -2.29. The van der Waals surface area contributed by atoms with Gasteiger partial charge in [0.15, 0.2) is 5.13 Å². The molecule has 0 saturated heterocycles. The number of benzene rings is 2. The van der Waals surface area contributed by atoms with Crippen LogP contribution in [-0.2, 0) is 30.7 Å². The van der Waals surface area contributed by atoms with Gasteiger partial charge in [-0.05, 0) is 23.8 Å². The highest BCUT2D eigenvalue weighted by Crippen LogP contribution is 2.30. The van der Waals surface area contributed by atoms with E-state index in [9.17, 15) is 4.79 Å². The van der Waals surface area contributed by atoms with E-state index < -0.39 is 0 Å². The van der Waals surface area contributed by atoms with Crippen LogP contribution >= 0.6 is 11.3 Å². The Morgan fingerprint density at radius 2 is 2.00 bits per heavy atom. The SMILES string of the molecule is COc1ccc(OC)c(CC(=O)Nc2nc3c(s2)CN(Cc2ccccc2)CC3)c1. The molecule has 0 fully saturated rings. The van der Waals surface area contributed by atoms with Crippen LogP contribution in [-0.4, -0.2) is 36.6 Å². The Balaban J connectivity index is 1.39. The number of nitrogens with zero attached hydrogens (tertiary/aromatic N) is 2. The first-order valence-electron chi connectivity index (χ1n) is 9.90. The van der Waals surface area contributed by atoms with Gasteiger partial charge in [-0.25, -0.2) is 4.98 Å². The maximum Gasteiger partial charge on any atom is 0.230 e. The van der Waals surface area contributed by atoms with E-state index in [2.05, 4.69) is 39.5 Å². The lowest BCUT2D eigenvalue weighted by atomic mass is 10.1. The van der Waals surface area contributed by atoms with Crippen molar-refractivity contribution in [2.75, 3.05) is 26.1 Å². The third-order valence-corrected chi connectivity index (χ3v) is 6.14. The number of thiazole rings is 1. The molecule has 0 atom stereocenters. The summed E-state index contributed by atoms with van der Waals surface area (Å²) >= 11 is 1.57. The molecule has 1 aliphatic heterocycles. The highest BCUT2D eigenvalue weighted by Gasteiger charge is 2.22. The molecule has 0 spiro atoms. The first-order valence-corrected chi connectivity index (χ1v) is 10.7. The highest BCUT2D eigenvalue weighted by molar-refractivity contribution is 7.15. The molecule has 3 aromatic rings. The minimum atomic E-state index is -0.117. The Bertz CT molecular complexity index is 1020. The first kappa shape index (κ1) is 20.4. The summed E-state index contributed by atoms with van der Waals surface area (Å²) < 4.78 is 10.6. The number of carbonyl (C=O) groups is 1. The predicted molar refractivity (Wildman–Crippen MR) is 118 cm³/mol. The van der Waals surface area contributed by atoms with Gasteiger partial charge in [-0.3, -0.25) is 9.69 Å². The minimum absolute atomic E-state index is 0.117. The molecule has 7 heteroatoms. The number of ether oxygens (including phenoxy) is 2. The maximum atomic E-state index is 12.6. The van der Waals surface area contributed by atoms with Crippen LogP contribution in [0.25, 0.3) is 0 Å². The fourth-order valence-corrected chi connectivity index (χ4v) is 4.70. The Morgan fingerprint density at radius 3 is 2.77 bits per heavy atom. The van der Waals surface area contributed by atoms with E-state index in [0.717, 1.165) is 37.3 Å². The molecule has 1 aliphatic rings. The summed E-state index contributed by atoms with van der Waals surface area (Å²) in [7, 11) is 3.20. The molecule has 30 heavy (non-hydrogen) atoms. The number of carbonyl (C=O) groups excluding carboxylic acids is 1. The first-order chi connectivity index (χ1) is 14.6. The number of hydrogen-bond acceptors (Lipinski definition) is 6. The number of rotatable bonds is 7. The molecule has 156 valence electrons. The second-order valence-electron chi connectivity index (χ2n) is 7.24. The lowest BCUT2D eigenvalue weighted by molar-refractivity contribution is -0.115. The van der Waals surface area contributed by atoms with Crippen molar-refractivity contribution in [3.63, 3.8) is 0 Å². The van der Waals surface area contributed by atoms with Crippen LogP contribution in [0.1, 0.15) is 21.7 Å². The van der Waals surface area contributed by atoms with Crippen LogP contribution in [0.2, 0.25) is 0 Å². The molecule has 2 aromatic carbocycles. The summed E-state index contributed by atoms with van der Waals surface area (Å²) in [6.45, 7) is 2.76. The van der Waals surface area contributed by atoms with Gasteiger partial charge in [0.05, 0.1) is 26.3 Å². The van der Waals surface area contributed by atoms with E-state index in [1.165, 1.54) is 10.4 Å². The number of anilines is 1. The average molecular weight is 424 g/mol. The van der Waals surface area contributed by atoms with Crippen LogP contribution < -0.4 is 14.8 Å². The number of methoxy groups -OCH3 is 2. The third-order valence-electron chi connectivity index (χ3n) is 5.14. The largest absolute Gasteiger partial charge is 0.497 e. The molecule has 6 nitrogen and oxygen atoms in total. The van der Waals surface area contributed by atoms with Gasteiger partial charge in [0.2, 0.25) is 5.91 Å². The molecule has 0 bridgehead atoms. The summed E-state index contributed by atoms with van der Waals surface area (Å²) in [5.41, 5.74) is 3.19. The van der Waals surface area contributed by atoms with Gasteiger partial charge in [0.1, 0.15) is 11.5 Å². The van der Waals surface area contributed by atoms with Crippen LogP contribution in [0.4, 0.5) is 5.13 Å². The summed E-state index contributed by atoms with van der Waals surface area (Å²) in [6.07, 6.45) is 1.10. The molecule has 1 N–H and O–H groups in total. The smallest absolute Gasteiger partial charge is 0.230 e. The number of aromatic nitrogens is 1. The molecule has 1 aromatic heterocycles. The van der Waals surface area contributed by atoms with Crippen molar-refractivity contribution in [1.82, 2.24) is 9.88 Å². The second-order valence-corrected chi connectivity index (χ2v) is 8.32. The van der Waals surface area contributed by atoms with Crippen molar-refractivity contribution >= 4 is 22.4 Å². The van der Waals surface area contributed by atoms with Crippen molar-refractivity contribution < 1.29 is 14.3 Å². The normalized spacial score (nSPS) is 13.5. The quantitative estimate of drug-likeness (QED) is 0.624. The van der Waals surface area contributed by atoms with Gasteiger partial charge in [-0.2, -0.15) is 0 Å². The zero-order chi connectivity index (χ0) is 20.9. The van der Waals surface area contributed by atoms with Gasteiger partial charge >= 0.3 is 0 Å². The van der Waals surface area contributed by atoms with Crippen LogP contribution in [0.5, 0.6) is 11.5 Å². The van der Waals surface area contributed by atoms with Gasteiger partial charge in [0, 0.05) is 36.5 Å². The molecule has 4 rings (SSSR count). The van der Waals surface area contributed by atoms with Crippen molar-refractivity contribution in [2.24, 2.45) is 0 Å². The molecule has 1 amide bonds. The van der Waals surface area contributed by atoms with Crippen LogP contribution in [0.15, 0.2) is 48.5 Å². The van der Waals surface area contributed by atoms with E-state index in [0.29, 0.717) is 16.6 Å². The Labute approximate surface area is 180 Å². The van der Waals surface area contributed by atoms with Crippen LogP contribution in [0, 0.1) is 0 Å². The van der Waals surface area contributed by atoms with Gasteiger partial charge in [0.25, 0.3) is 0 Å². The average Bonchev–Trinajstić information content (AvgIpc) is 3.15. The summed E-state index contributed by atoms with van der Waals surface area (Å²) in [6, 6.07) is 15.9. The van der Waals surface area contributed by atoms with E-state index in [-0.39, 0.29) is 12.3 Å². The Morgan fingerprint density at radius 1 is 1.17 bits per heavy atom. The van der Waals surface area contributed by atoms with Gasteiger partial charge in [-0.15, -0.1) is 11.3 Å². The molecular weight excluding hydrogens is 398 g/mol. The standard InChI is InChI=1S/C23H25N3O3S/c1-28-18-8-9-20(29-2)17(12-18)13-22(27)25-23-24-19-10-11-26(15-21(19)30-23)14-16-6-4-3-5-7-16/h3-9,12H,10-11,13-15H2,1-2H3,(H,24,25,27). The monoisotopic (exact) mass is 423 g/mol. The number of nitrogens with one attached hydrogen (secondary N) is 1. The molecular formula is C23H25N3O3S. The second kappa shape index (κ2) is 9.28. The van der Waals surface area contributed by atoms with E-state index >= 15 is 0 Å². The van der Waals surface area contributed by atoms with Crippen molar-refractivity contribution in [2.45, 2.75) is 25.9 Å². The summed E-state index contributed by atoms with van der Waals surface area (Å²) in [5, 5.41) is 3.62. The van der Waals surface area contributed by atoms with Crippen molar-refractivity contribution in [1.29, 1.82) is 0 Å². The molecule has 2 heterocycles. The maximum absolute atomic E-state index is 12.6. The molecule has 0 aliphatic carbocycles. The molecule has 0 saturated carbocycles. The summed E-state index contributed by atoms with van der Waals surface area (Å²) in [5.74, 6) is 1.25. The fraction of sp³-hybridized carbons (Fsp3) is 0.304. The zero-order valence-corrected chi connectivity index (χ0v) is 18.0. The topological polar surface area (TPSA) is 63.7 Å². The Hall–Kier alpha value is -2.90. The highest BCUT2D eigenvalue weighted by atomic mass is 32.1. The van der Waals surface area contributed by atoms with E-state index in [1.807, 2.05) is 24.3 Å². The zero-order valence-electron chi connectivity index (χ0n) is 17.2. The van der Waals surface area contributed by atoms with E-state index in [4.69, 9.17) is 9.47 Å². The number of amides is 1. The Kier molecular flexibility index (Phi) is 6.30. The fourth-order valence-electron chi connectivity index (χ4n) is 3.63. The van der Waals surface area contributed by atoms with Crippen molar-refractivity contribution in [3.8, 4) is 11.5 Å². The number of fused-ring (bicyclic) bond motifs is 1. The predicted octanol–water partition coefficient (Wildman–Crippen LogP) is 3.90. The van der Waals surface area contributed by atoms with E-state index in [1.54, 1.807) is 25.6 Å². The number of hydrogen-bond donors (Lipinski definition) is 1. The third kappa shape index (κ3) is 4.80. The summed E-state index contributed by atoms with van der Waals surface area (Å²) in [4.78, 5) is 20.9.